The van der Waals surface area contributed by atoms with Crippen LogP contribution < -0.4 is 15.8 Å². The Bertz CT molecular complexity index is 405. The minimum atomic E-state index is 0.533. The number of anilines is 2. The summed E-state index contributed by atoms with van der Waals surface area (Å²) in [5.74, 6) is 2.37. The molecule has 1 aliphatic rings. The zero-order chi connectivity index (χ0) is 13.1. The number of benzene rings is 1. The third kappa shape index (κ3) is 2.71. The van der Waals surface area contributed by atoms with Crippen molar-refractivity contribution in [2.45, 2.75) is 39.2 Å². The Kier molecular flexibility index (Phi) is 4.00. The first-order chi connectivity index (χ1) is 8.61. The zero-order valence-electron chi connectivity index (χ0n) is 11.6. The third-order valence-corrected chi connectivity index (χ3v) is 4.24. The summed E-state index contributed by atoms with van der Waals surface area (Å²) in [6, 6.07) is 6.43. The number of hydrogen-bond donors (Lipinski definition) is 2. The minimum Gasteiger partial charge on any atom is -0.495 e. The Morgan fingerprint density at radius 1 is 1.22 bits per heavy atom. The Balaban J connectivity index is 2.06. The molecule has 0 aliphatic heterocycles. The van der Waals surface area contributed by atoms with Gasteiger partial charge in [0.2, 0.25) is 0 Å². The average Bonchev–Trinajstić information content (AvgIpc) is 2.36. The molecule has 3 atom stereocenters. The molecule has 0 spiro atoms. The molecule has 3 N–H and O–H groups in total. The molecule has 0 bridgehead atoms. The molecule has 0 saturated heterocycles. The summed E-state index contributed by atoms with van der Waals surface area (Å²) in [4.78, 5) is 0. The van der Waals surface area contributed by atoms with Gasteiger partial charge in [0.1, 0.15) is 5.75 Å². The molecule has 1 saturated carbocycles. The Morgan fingerprint density at radius 3 is 2.67 bits per heavy atom. The molecule has 2 rings (SSSR count). The van der Waals surface area contributed by atoms with Gasteiger partial charge in [-0.1, -0.05) is 19.9 Å². The van der Waals surface area contributed by atoms with Gasteiger partial charge in [-0.05, 0) is 43.2 Å². The van der Waals surface area contributed by atoms with E-state index in [1.807, 2.05) is 18.2 Å². The lowest BCUT2D eigenvalue weighted by Gasteiger charge is -2.33. The van der Waals surface area contributed by atoms with Crippen LogP contribution >= 0.6 is 0 Å². The van der Waals surface area contributed by atoms with Crippen molar-refractivity contribution in [3.63, 3.8) is 0 Å². The standard InChI is InChI=1S/C15H24N2O/c1-10-7-8-12(9-11(10)2)17-13-5-4-6-14(18-3)15(13)16/h4-6,10-12,17H,7-9,16H2,1-3H3. The second-order valence-corrected chi connectivity index (χ2v) is 5.53. The highest BCUT2D eigenvalue weighted by molar-refractivity contribution is 5.73. The summed E-state index contributed by atoms with van der Waals surface area (Å²) in [5.41, 5.74) is 7.80. The van der Waals surface area contributed by atoms with Gasteiger partial charge >= 0.3 is 0 Å². The molecule has 3 heteroatoms. The first kappa shape index (κ1) is 13.1. The molecule has 1 fully saturated rings. The van der Waals surface area contributed by atoms with Crippen LogP contribution in [0.15, 0.2) is 18.2 Å². The van der Waals surface area contributed by atoms with Crippen LogP contribution in [-0.4, -0.2) is 13.2 Å². The van der Waals surface area contributed by atoms with Crippen LogP contribution in [0.4, 0.5) is 11.4 Å². The van der Waals surface area contributed by atoms with Gasteiger partial charge in [0.15, 0.2) is 0 Å². The van der Waals surface area contributed by atoms with Crippen molar-refractivity contribution in [1.82, 2.24) is 0 Å². The lowest BCUT2D eigenvalue weighted by Crippen LogP contribution is -2.30. The maximum atomic E-state index is 6.09. The molecular weight excluding hydrogens is 224 g/mol. The lowest BCUT2D eigenvalue weighted by molar-refractivity contribution is 0.261. The fraction of sp³-hybridized carbons (Fsp3) is 0.600. The average molecular weight is 248 g/mol. The van der Waals surface area contributed by atoms with E-state index in [-0.39, 0.29) is 0 Å². The van der Waals surface area contributed by atoms with Crippen LogP contribution in [0.3, 0.4) is 0 Å². The number of nitrogen functional groups attached to an aromatic ring is 1. The number of nitrogens with one attached hydrogen (secondary N) is 1. The van der Waals surface area contributed by atoms with Gasteiger partial charge in [-0.2, -0.15) is 0 Å². The van der Waals surface area contributed by atoms with E-state index in [0.717, 1.165) is 23.3 Å². The van der Waals surface area contributed by atoms with Crippen LogP contribution in [0.5, 0.6) is 5.75 Å². The number of rotatable bonds is 3. The minimum absolute atomic E-state index is 0.533. The number of para-hydroxylation sites is 1. The van der Waals surface area contributed by atoms with E-state index in [2.05, 4.69) is 19.2 Å². The molecule has 1 aromatic rings. The van der Waals surface area contributed by atoms with Crippen molar-refractivity contribution in [1.29, 1.82) is 0 Å². The lowest BCUT2D eigenvalue weighted by atomic mass is 9.79. The Morgan fingerprint density at radius 2 is 2.00 bits per heavy atom. The molecule has 0 aromatic heterocycles. The quantitative estimate of drug-likeness (QED) is 0.805. The second kappa shape index (κ2) is 5.51. The number of ether oxygens (including phenoxy) is 1. The molecule has 1 aliphatic carbocycles. The van der Waals surface area contributed by atoms with E-state index >= 15 is 0 Å². The predicted molar refractivity (Wildman–Crippen MR) is 77.0 cm³/mol. The monoisotopic (exact) mass is 248 g/mol. The van der Waals surface area contributed by atoms with Crippen molar-refractivity contribution in [3.05, 3.63) is 18.2 Å². The van der Waals surface area contributed by atoms with Crippen LogP contribution in [0, 0.1) is 11.8 Å². The molecule has 0 amide bonds. The highest BCUT2D eigenvalue weighted by Gasteiger charge is 2.24. The second-order valence-electron chi connectivity index (χ2n) is 5.53. The van der Waals surface area contributed by atoms with E-state index in [1.165, 1.54) is 19.3 Å². The maximum absolute atomic E-state index is 6.09. The first-order valence-electron chi connectivity index (χ1n) is 6.80. The van der Waals surface area contributed by atoms with E-state index < -0.39 is 0 Å². The summed E-state index contributed by atoms with van der Waals surface area (Å²) in [5, 5.41) is 3.57. The summed E-state index contributed by atoms with van der Waals surface area (Å²) in [6.07, 6.45) is 3.74. The smallest absolute Gasteiger partial charge is 0.143 e. The normalized spacial score (nSPS) is 27.8. The first-order valence-corrected chi connectivity index (χ1v) is 6.80. The van der Waals surface area contributed by atoms with E-state index in [0.29, 0.717) is 11.7 Å². The van der Waals surface area contributed by atoms with Gasteiger partial charge in [-0.25, -0.2) is 0 Å². The summed E-state index contributed by atoms with van der Waals surface area (Å²) >= 11 is 0. The van der Waals surface area contributed by atoms with Gasteiger partial charge in [0, 0.05) is 6.04 Å². The van der Waals surface area contributed by atoms with Gasteiger partial charge in [0.25, 0.3) is 0 Å². The van der Waals surface area contributed by atoms with Crippen molar-refractivity contribution < 1.29 is 4.74 Å². The van der Waals surface area contributed by atoms with Gasteiger partial charge in [0.05, 0.1) is 18.5 Å². The maximum Gasteiger partial charge on any atom is 0.143 e. The molecule has 100 valence electrons. The number of hydrogen-bond acceptors (Lipinski definition) is 3. The molecule has 18 heavy (non-hydrogen) atoms. The van der Waals surface area contributed by atoms with Crippen molar-refractivity contribution >= 4 is 11.4 Å². The van der Waals surface area contributed by atoms with Crippen LogP contribution in [0.25, 0.3) is 0 Å². The third-order valence-electron chi connectivity index (χ3n) is 4.24. The van der Waals surface area contributed by atoms with Gasteiger partial charge < -0.3 is 15.8 Å². The fourth-order valence-corrected chi connectivity index (χ4v) is 2.75. The van der Waals surface area contributed by atoms with E-state index in [4.69, 9.17) is 10.5 Å². The molecular formula is C15H24N2O. The van der Waals surface area contributed by atoms with Gasteiger partial charge in [-0.3, -0.25) is 0 Å². The summed E-state index contributed by atoms with van der Waals surface area (Å²) in [6.45, 7) is 4.69. The number of nitrogens with two attached hydrogens (primary N) is 1. The molecule has 1 aromatic carbocycles. The van der Waals surface area contributed by atoms with Crippen molar-refractivity contribution in [3.8, 4) is 5.75 Å². The van der Waals surface area contributed by atoms with Crippen LogP contribution in [0.1, 0.15) is 33.1 Å². The predicted octanol–water partition coefficient (Wildman–Crippen LogP) is 3.51. The SMILES string of the molecule is COc1cccc(NC2CCC(C)C(C)C2)c1N. The summed E-state index contributed by atoms with van der Waals surface area (Å²) < 4.78 is 5.25. The number of methoxy groups -OCH3 is 1. The topological polar surface area (TPSA) is 47.3 Å². The Hall–Kier alpha value is -1.38. The van der Waals surface area contributed by atoms with Gasteiger partial charge in [-0.15, -0.1) is 0 Å². The zero-order valence-corrected chi connectivity index (χ0v) is 11.6. The van der Waals surface area contributed by atoms with Crippen molar-refractivity contribution in [2.75, 3.05) is 18.2 Å². The molecule has 0 radical (unpaired) electrons. The van der Waals surface area contributed by atoms with Crippen molar-refractivity contribution in [2.24, 2.45) is 11.8 Å². The van der Waals surface area contributed by atoms with Crippen LogP contribution in [-0.2, 0) is 0 Å². The van der Waals surface area contributed by atoms with E-state index in [1.54, 1.807) is 7.11 Å². The van der Waals surface area contributed by atoms with E-state index in [9.17, 15) is 0 Å². The highest BCUT2D eigenvalue weighted by Crippen LogP contribution is 2.34. The highest BCUT2D eigenvalue weighted by atomic mass is 16.5. The molecule has 0 heterocycles. The fourth-order valence-electron chi connectivity index (χ4n) is 2.75. The Labute approximate surface area is 110 Å². The molecule has 3 nitrogen and oxygen atoms in total. The summed E-state index contributed by atoms with van der Waals surface area (Å²) in [7, 11) is 1.65. The van der Waals surface area contributed by atoms with Crippen LogP contribution in [0.2, 0.25) is 0 Å². The largest absolute Gasteiger partial charge is 0.495 e. The molecule has 3 unspecified atom stereocenters.